The van der Waals surface area contributed by atoms with Crippen LogP contribution < -0.4 is 38.9 Å². The van der Waals surface area contributed by atoms with Gasteiger partial charge in [0, 0.05) is 25.2 Å². The summed E-state index contributed by atoms with van der Waals surface area (Å²) in [6.07, 6.45) is 3.38. The smallest absolute Gasteiger partial charge is 0.328 e. The highest BCUT2D eigenvalue weighted by molar-refractivity contribution is 5.97. The van der Waals surface area contributed by atoms with Crippen LogP contribution in [0.25, 0.3) is 0 Å². The minimum atomic E-state index is -1.33. The van der Waals surface area contributed by atoms with Gasteiger partial charge in [0.05, 0.1) is 6.04 Å². The van der Waals surface area contributed by atoms with Gasteiger partial charge in [0.15, 0.2) is 11.9 Å². The van der Waals surface area contributed by atoms with Crippen molar-refractivity contribution in [1.29, 1.82) is 0 Å². The second-order valence-electron chi connectivity index (χ2n) is 8.57. The van der Waals surface area contributed by atoms with Crippen molar-refractivity contribution in [2.75, 3.05) is 13.1 Å². The average molecular weight is 526 g/mol. The summed E-state index contributed by atoms with van der Waals surface area (Å²) in [4.78, 5) is 67.8. The number of carbonyl (C=O) groups is 5. The number of aldehydes is 1. The molecule has 3 atom stereocenters. The maximum atomic E-state index is 13.0. The first-order chi connectivity index (χ1) is 17.3. The van der Waals surface area contributed by atoms with E-state index >= 15 is 0 Å². The number of nitrogens with two attached hydrogens (primary N) is 4. The van der Waals surface area contributed by atoms with Crippen LogP contribution in [-0.2, 0) is 24.0 Å². The van der Waals surface area contributed by atoms with Crippen molar-refractivity contribution < 1.29 is 29.1 Å². The summed E-state index contributed by atoms with van der Waals surface area (Å²) >= 11 is 0. The van der Waals surface area contributed by atoms with Crippen molar-refractivity contribution in [3.8, 4) is 0 Å². The van der Waals surface area contributed by atoms with Crippen molar-refractivity contribution in [2.24, 2.45) is 38.8 Å². The average Bonchev–Trinajstić information content (AvgIpc) is 2.80. The zero-order valence-electron chi connectivity index (χ0n) is 21.2. The molecule has 3 amide bonds. The van der Waals surface area contributed by atoms with E-state index in [1.165, 1.54) is 0 Å². The molecule has 0 aromatic carbocycles. The number of rotatable bonds is 18. The lowest BCUT2D eigenvalue weighted by molar-refractivity contribution is -0.132. The summed E-state index contributed by atoms with van der Waals surface area (Å²) in [5, 5.41) is 16.3. The molecule has 208 valence electrons. The minimum Gasteiger partial charge on any atom is -0.478 e. The number of hydrogen-bond donors (Lipinski definition) is 8. The number of amides is 3. The molecule has 0 aromatic heterocycles. The number of nitrogens with zero attached hydrogens (tertiary/aromatic N) is 2. The van der Waals surface area contributed by atoms with Gasteiger partial charge in [0.25, 0.3) is 0 Å². The molecule has 0 aliphatic heterocycles. The van der Waals surface area contributed by atoms with Crippen molar-refractivity contribution in [3.05, 3.63) is 12.2 Å². The van der Waals surface area contributed by atoms with Gasteiger partial charge < -0.3 is 48.8 Å². The normalized spacial score (nSPS) is 13.2. The van der Waals surface area contributed by atoms with Gasteiger partial charge in [-0.3, -0.25) is 24.4 Å². The summed E-state index contributed by atoms with van der Waals surface area (Å²) in [6.45, 7) is 4.17. The maximum absolute atomic E-state index is 13.0. The summed E-state index contributed by atoms with van der Waals surface area (Å²) < 4.78 is 0. The van der Waals surface area contributed by atoms with Crippen LogP contribution in [0.5, 0.6) is 0 Å². The van der Waals surface area contributed by atoms with Crippen LogP contribution in [0.2, 0.25) is 0 Å². The largest absolute Gasteiger partial charge is 0.478 e. The molecule has 3 unspecified atom stereocenters. The first-order valence-electron chi connectivity index (χ1n) is 11.7. The molecule has 0 saturated heterocycles. The fraction of sp³-hybridized carbons (Fsp3) is 0.591. The lowest BCUT2D eigenvalue weighted by atomic mass is 10.0. The number of carboxylic acids is 1. The Morgan fingerprint density at radius 2 is 1.35 bits per heavy atom. The van der Waals surface area contributed by atoms with E-state index in [2.05, 4.69) is 25.9 Å². The Hall–Kier alpha value is -4.17. The number of aliphatic imine (C=N–C) groups is 2. The van der Waals surface area contributed by atoms with Crippen molar-refractivity contribution in [3.63, 3.8) is 0 Å². The van der Waals surface area contributed by atoms with E-state index in [4.69, 9.17) is 28.0 Å². The van der Waals surface area contributed by atoms with Crippen LogP contribution >= 0.6 is 0 Å². The molecule has 0 bridgehead atoms. The zero-order chi connectivity index (χ0) is 28.4. The number of nitrogens with one attached hydrogen (secondary N) is 3. The van der Waals surface area contributed by atoms with E-state index < -0.39 is 41.8 Å². The Morgan fingerprint density at radius 1 is 0.811 bits per heavy atom. The molecular formula is C22H39N9O6. The molecule has 0 radical (unpaired) electrons. The van der Waals surface area contributed by atoms with Crippen LogP contribution in [0.15, 0.2) is 22.1 Å². The van der Waals surface area contributed by atoms with Gasteiger partial charge in [-0.05, 0) is 38.0 Å². The SMILES string of the molecule is CC(C)CC(NC(=O)C(CCCN=C(N)N)NC(=O)/C=C/C(=O)O)C(=O)NC(C=O)CCCN=C(N)N. The topological polar surface area (TPSA) is 270 Å². The number of guanidine groups is 2. The molecule has 0 heterocycles. The molecule has 0 fully saturated rings. The minimum absolute atomic E-state index is 0.000931. The Bertz CT molecular complexity index is 865. The third kappa shape index (κ3) is 17.0. The number of hydrogen-bond acceptors (Lipinski definition) is 7. The predicted octanol–water partition coefficient (Wildman–Crippen LogP) is -2.57. The molecule has 0 aliphatic carbocycles. The van der Waals surface area contributed by atoms with Gasteiger partial charge >= 0.3 is 5.97 Å². The van der Waals surface area contributed by atoms with Gasteiger partial charge in [0.2, 0.25) is 17.7 Å². The zero-order valence-corrected chi connectivity index (χ0v) is 21.2. The number of carboxylic acid groups (broad SMARTS) is 1. The van der Waals surface area contributed by atoms with Crippen LogP contribution in [-0.4, -0.2) is 78.2 Å². The predicted molar refractivity (Wildman–Crippen MR) is 138 cm³/mol. The van der Waals surface area contributed by atoms with E-state index in [1.54, 1.807) is 0 Å². The van der Waals surface area contributed by atoms with Crippen LogP contribution in [0.3, 0.4) is 0 Å². The molecule has 0 saturated carbocycles. The van der Waals surface area contributed by atoms with E-state index in [-0.39, 0.29) is 50.2 Å². The van der Waals surface area contributed by atoms with Gasteiger partial charge in [-0.2, -0.15) is 0 Å². The highest BCUT2D eigenvalue weighted by Crippen LogP contribution is 2.08. The highest BCUT2D eigenvalue weighted by Gasteiger charge is 2.28. The van der Waals surface area contributed by atoms with Crippen molar-refractivity contribution >= 4 is 41.9 Å². The fourth-order valence-corrected chi connectivity index (χ4v) is 3.09. The molecule has 12 N–H and O–H groups in total. The van der Waals surface area contributed by atoms with E-state index in [0.29, 0.717) is 25.2 Å². The highest BCUT2D eigenvalue weighted by atomic mass is 16.4. The monoisotopic (exact) mass is 525 g/mol. The third-order valence-electron chi connectivity index (χ3n) is 4.76. The third-order valence-corrected chi connectivity index (χ3v) is 4.76. The molecule has 37 heavy (non-hydrogen) atoms. The van der Waals surface area contributed by atoms with Gasteiger partial charge in [0.1, 0.15) is 18.4 Å². The Balaban J connectivity index is 5.44. The molecule has 0 rings (SSSR count). The molecule has 15 nitrogen and oxygen atoms in total. The Kier molecular flexibility index (Phi) is 16.1. The lowest BCUT2D eigenvalue weighted by Gasteiger charge is -2.25. The molecule has 15 heteroatoms. The summed E-state index contributed by atoms with van der Waals surface area (Å²) in [6, 6.07) is -2.92. The first-order valence-corrected chi connectivity index (χ1v) is 11.7. The lowest BCUT2D eigenvalue weighted by Crippen LogP contribution is -2.55. The second-order valence-corrected chi connectivity index (χ2v) is 8.57. The van der Waals surface area contributed by atoms with Gasteiger partial charge in [-0.25, -0.2) is 4.79 Å². The van der Waals surface area contributed by atoms with Gasteiger partial charge in [-0.1, -0.05) is 13.8 Å². The summed E-state index contributed by atoms with van der Waals surface area (Å²) in [5.74, 6) is -3.59. The van der Waals surface area contributed by atoms with Gasteiger partial charge in [-0.15, -0.1) is 0 Å². The quantitative estimate of drug-likeness (QED) is 0.0304. The Labute approximate surface area is 215 Å². The number of carbonyl (C=O) groups excluding carboxylic acids is 4. The second kappa shape index (κ2) is 18.1. The molecule has 0 aromatic rings. The van der Waals surface area contributed by atoms with Crippen LogP contribution in [0.1, 0.15) is 46.0 Å². The first kappa shape index (κ1) is 32.8. The van der Waals surface area contributed by atoms with Crippen molar-refractivity contribution in [1.82, 2.24) is 16.0 Å². The summed E-state index contributed by atoms with van der Waals surface area (Å²) in [7, 11) is 0. The standard InChI is InChI=1S/C22H39N9O6/c1-13(2)11-16(20(37)29-14(12-32)5-3-9-27-21(23)24)31-19(36)15(6-4-10-28-22(25)26)30-17(33)7-8-18(34)35/h7-8,12-16H,3-6,9-11H2,1-2H3,(H,29,37)(H,30,33)(H,31,36)(H,34,35)(H4,23,24,27)(H4,25,26,28)/b8-7+. The number of aliphatic carboxylic acids is 1. The van der Waals surface area contributed by atoms with E-state index in [1.807, 2.05) is 13.8 Å². The molecule has 0 aliphatic rings. The summed E-state index contributed by atoms with van der Waals surface area (Å²) in [5.41, 5.74) is 21.1. The van der Waals surface area contributed by atoms with Crippen LogP contribution in [0.4, 0.5) is 0 Å². The van der Waals surface area contributed by atoms with E-state index in [9.17, 15) is 24.0 Å². The molecule has 0 spiro atoms. The Morgan fingerprint density at radius 3 is 1.84 bits per heavy atom. The van der Waals surface area contributed by atoms with Crippen LogP contribution in [0, 0.1) is 5.92 Å². The maximum Gasteiger partial charge on any atom is 0.328 e. The molecular weight excluding hydrogens is 486 g/mol. The fourth-order valence-electron chi connectivity index (χ4n) is 3.09. The van der Waals surface area contributed by atoms with Crippen molar-refractivity contribution in [2.45, 2.75) is 64.1 Å². The van der Waals surface area contributed by atoms with E-state index in [0.717, 1.165) is 6.08 Å².